The van der Waals surface area contributed by atoms with Crippen LogP contribution in [0.15, 0.2) is 16.6 Å². The fourth-order valence-electron chi connectivity index (χ4n) is 1.14. The van der Waals surface area contributed by atoms with Gasteiger partial charge >= 0.3 is 0 Å². The Morgan fingerprint density at radius 1 is 1.54 bits per heavy atom. The summed E-state index contributed by atoms with van der Waals surface area (Å²) >= 11 is 3.23. The highest BCUT2D eigenvalue weighted by Gasteiger charge is 2.11. The van der Waals surface area contributed by atoms with Gasteiger partial charge in [-0.1, -0.05) is 0 Å². The molecular weight excluding hydrogens is 237 g/mol. The Kier molecular flexibility index (Phi) is 1.78. The number of nitrogens with zero attached hydrogens (tertiary/aromatic N) is 2. The maximum atomic E-state index is 13.2. The lowest BCUT2D eigenvalue weighted by molar-refractivity contribution is 0.639. The predicted octanol–water partition coefficient (Wildman–Crippen LogP) is 2.34. The van der Waals surface area contributed by atoms with Gasteiger partial charge < -0.3 is 0 Å². The largest absolute Gasteiger partial charge is 0.275 e. The lowest BCUT2D eigenvalue weighted by atomic mass is 10.2. The summed E-state index contributed by atoms with van der Waals surface area (Å²) in [5, 5.41) is 15.1. The van der Waals surface area contributed by atoms with E-state index in [0.29, 0.717) is 9.99 Å². The fraction of sp³-hybridized carbons (Fsp3) is 0. The first-order chi connectivity index (χ1) is 6.24. The van der Waals surface area contributed by atoms with E-state index in [2.05, 4.69) is 26.1 Å². The number of fused-ring (bicyclic) bond motifs is 1. The Bertz CT molecular complexity index is 512. The Balaban J connectivity index is 2.98. The molecule has 0 radical (unpaired) electrons. The number of nitrogens with one attached hydrogen (secondary N) is 1. The van der Waals surface area contributed by atoms with Crippen molar-refractivity contribution in [2.45, 2.75) is 0 Å². The van der Waals surface area contributed by atoms with Crippen molar-refractivity contribution in [1.29, 1.82) is 5.26 Å². The predicted molar refractivity (Wildman–Crippen MR) is 48.5 cm³/mol. The van der Waals surface area contributed by atoms with Gasteiger partial charge in [0.05, 0.1) is 10.9 Å². The van der Waals surface area contributed by atoms with Crippen molar-refractivity contribution in [3.05, 3.63) is 28.1 Å². The second kappa shape index (κ2) is 2.82. The van der Waals surface area contributed by atoms with Gasteiger partial charge in [-0.3, -0.25) is 5.10 Å². The van der Waals surface area contributed by atoms with Gasteiger partial charge in [-0.2, -0.15) is 10.4 Å². The molecule has 5 heteroatoms. The third-order valence-corrected chi connectivity index (χ3v) is 2.39. The monoisotopic (exact) mass is 239 g/mol. The number of nitriles is 1. The maximum absolute atomic E-state index is 13.2. The number of rotatable bonds is 0. The molecule has 2 aromatic rings. The van der Waals surface area contributed by atoms with Crippen molar-refractivity contribution in [3.8, 4) is 6.07 Å². The molecule has 0 spiro atoms. The summed E-state index contributed by atoms with van der Waals surface area (Å²) in [6.07, 6.45) is 0. The first-order valence-electron chi connectivity index (χ1n) is 3.46. The second-order valence-electron chi connectivity index (χ2n) is 2.46. The smallest absolute Gasteiger partial charge is 0.173 e. The maximum Gasteiger partial charge on any atom is 0.173 e. The molecular formula is C8H3BrFN3. The summed E-state index contributed by atoms with van der Waals surface area (Å²) in [6.45, 7) is 0. The molecule has 1 heterocycles. The lowest BCUT2D eigenvalue weighted by Crippen LogP contribution is -1.79. The summed E-state index contributed by atoms with van der Waals surface area (Å²) in [7, 11) is 0. The van der Waals surface area contributed by atoms with Crippen LogP contribution in [0.4, 0.5) is 4.39 Å². The van der Waals surface area contributed by atoms with Crippen LogP contribution in [0.5, 0.6) is 0 Å². The van der Waals surface area contributed by atoms with Crippen LogP contribution >= 0.6 is 15.9 Å². The molecule has 0 saturated carbocycles. The lowest BCUT2D eigenvalue weighted by Gasteiger charge is -1.93. The van der Waals surface area contributed by atoms with Crippen molar-refractivity contribution < 1.29 is 4.39 Å². The number of hydrogen-bond acceptors (Lipinski definition) is 2. The van der Waals surface area contributed by atoms with Crippen molar-refractivity contribution >= 4 is 26.8 Å². The average molecular weight is 240 g/mol. The Labute approximate surface area is 81.3 Å². The van der Waals surface area contributed by atoms with Crippen molar-refractivity contribution in [2.75, 3.05) is 0 Å². The topological polar surface area (TPSA) is 52.5 Å². The van der Waals surface area contributed by atoms with Gasteiger partial charge in [-0.25, -0.2) is 4.39 Å². The van der Waals surface area contributed by atoms with Gasteiger partial charge in [0, 0.05) is 4.47 Å². The average Bonchev–Trinajstić information content (AvgIpc) is 2.56. The van der Waals surface area contributed by atoms with Crippen LogP contribution in [0.3, 0.4) is 0 Å². The number of aromatic amines is 1. The van der Waals surface area contributed by atoms with Gasteiger partial charge in [-0.15, -0.1) is 0 Å². The van der Waals surface area contributed by atoms with Crippen LogP contribution in [-0.2, 0) is 0 Å². The molecule has 0 saturated heterocycles. The standard InChI is InChI=1S/C8H3BrFN3/c9-4-1-2-5(10)7-6(3-11)12-13-8(4)7/h1-2H,(H,12,13). The van der Waals surface area contributed by atoms with E-state index in [-0.39, 0.29) is 11.1 Å². The minimum atomic E-state index is -0.441. The quantitative estimate of drug-likeness (QED) is 0.768. The summed E-state index contributed by atoms with van der Waals surface area (Å²) < 4.78 is 13.9. The molecule has 0 aliphatic heterocycles. The van der Waals surface area contributed by atoms with E-state index in [1.165, 1.54) is 6.07 Å². The zero-order valence-electron chi connectivity index (χ0n) is 6.31. The van der Waals surface area contributed by atoms with Crippen LogP contribution in [0.2, 0.25) is 0 Å². The zero-order chi connectivity index (χ0) is 9.42. The molecule has 0 aliphatic rings. The molecule has 0 aliphatic carbocycles. The van der Waals surface area contributed by atoms with Gasteiger partial charge in [0.1, 0.15) is 11.9 Å². The van der Waals surface area contributed by atoms with Crippen molar-refractivity contribution in [3.63, 3.8) is 0 Å². The van der Waals surface area contributed by atoms with E-state index in [0.717, 1.165) is 0 Å². The minimum Gasteiger partial charge on any atom is -0.275 e. The van der Waals surface area contributed by atoms with Gasteiger partial charge in [-0.05, 0) is 28.1 Å². The molecule has 0 atom stereocenters. The number of aromatic nitrogens is 2. The van der Waals surface area contributed by atoms with Gasteiger partial charge in [0.25, 0.3) is 0 Å². The van der Waals surface area contributed by atoms with Crippen molar-refractivity contribution in [2.24, 2.45) is 0 Å². The molecule has 3 nitrogen and oxygen atoms in total. The third-order valence-electron chi connectivity index (χ3n) is 1.73. The van der Waals surface area contributed by atoms with E-state index in [1.54, 1.807) is 6.07 Å². The summed E-state index contributed by atoms with van der Waals surface area (Å²) in [5.74, 6) is -0.441. The normalized spacial score (nSPS) is 10.2. The van der Waals surface area contributed by atoms with Crippen LogP contribution < -0.4 is 0 Å². The van der Waals surface area contributed by atoms with E-state index >= 15 is 0 Å². The molecule has 1 aromatic carbocycles. The minimum absolute atomic E-state index is 0.0776. The molecule has 0 fully saturated rings. The third kappa shape index (κ3) is 1.11. The highest BCUT2D eigenvalue weighted by atomic mass is 79.9. The van der Waals surface area contributed by atoms with Gasteiger partial charge in [0.2, 0.25) is 0 Å². The van der Waals surface area contributed by atoms with E-state index in [1.807, 2.05) is 6.07 Å². The SMILES string of the molecule is N#Cc1n[nH]c2c(Br)ccc(F)c12. The van der Waals surface area contributed by atoms with Crippen LogP contribution in [-0.4, -0.2) is 10.2 Å². The van der Waals surface area contributed by atoms with Crippen LogP contribution in [0.1, 0.15) is 5.69 Å². The first-order valence-corrected chi connectivity index (χ1v) is 4.25. The molecule has 13 heavy (non-hydrogen) atoms. The number of halogens is 2. The summed E-state index contributed by atoms with van der Waals surface area (Å²) in [5.41, 5.74) is 0.588. The van der Waals surface area contributed by atoms with Gasteiger partial charge in [0.15, 0.2) is 5.69 Å². The molecule has 0 amide bonds. The van der Waals surface area contributed by atoms with E-state index in [4.69, 9.17) is 5.26 Å². The summed E-state index contributed by atoms with van der Waals surface area (Å²) in [6, 6.07) is 4.68. The van der Waals surface area contributed by atoms with E-state index < -0.39 is 5.82 Å². The Morgan fingerprint density at radius 2 is 2.31 bits per heavy atom. The molecule has 64 valence electrons. The van der Waals surface area contributed by atoms with E-state index in [9.17, 15) is 4.39 Å². The number of hydrogen-bond donors (Lipinski definition) is 1. The molecule has 0 unspecified atom stereocenters. The highest BCUT2D eigenvalue weighted by Crippen LogP contribution is 2.26. The number of H-pyrrole nitrogens is 1. The Hall–Kier alpha value is -1.41. The number of benzene rings is 1. The molecule has 1 aromatic heterocycles. The fourth-order valence-corrected chi connectivity index (χ4v) is 1.56. The Morgan fingerprint density at radius 3 is 3.00 bits per heavy atom. The highest BCUT2D eigenvalue weighted by molar-refractivity contribution is 9.10. The summed E-state index contributed by atoms with van der Waals surface area (Å²) in [4.78, 5) is 0. The first kappa shape index (κ1) is 8.20. The zero-order valence-corrected chi connectivity index (χ0v) is 7.89. The van der Waals surface area contributed by atoms with Crippen LogP contribution in [0.25, 0.3) is 10.9 Å². The van der Waals surface area contributed by atoms with Crippen LogP contribution in [0, 0.1) is 17.1 Å². The molecule has 2 rings (SSSR count). The molecule has 0 bridgehead atoms. The van der Waals surface area contributed by atoms with Crippen molar-refractivity contribution in [1.82, 2.24) is 10.2 Å². The molecule has 1 N–H and O–H groups in total. The second-order valence-corrected chi connectivity index (χ2v) is 3.32.